The normalized spacial score (nSPS) is 14.2. The fraction of sp³-hybridized carbons (Fsp3) is 0.0488. The zero-order valence-corrected chi connectivity index (χ0v) is 25.1. The van der Waals surface area contributed by atoms with Crippen molar-refractivity contribution in [3.8, 4) is 22.8 Å². The first-order valence-electron chi connectivity index (χ1n) is 15.1. The Labute approximate surface area is 264 Å². The van der Waals surface area contributed by atoms with Crippen LogP contribution < -0.4 is 4.90 Å². The Morgan fingerprint density at radius 1 is 0.667 bits per heavy atom. The van der Waals surface area contributed by atoms with Gasteiger partial charge in [0.1, 0.15) is 0 Å². The summed E-state index contributed by atoms with van der Waals surface area (Å²) in [7, 11) is 0. The molecule has 1 aliphatic carbocycles. The van der Waals surface area contributed by atoms with Gasteiger partial charge in [-0.2, -0.15) is 0 Å². The molecule has 1 aliphatic heterocycles. The summed E-state index contributed by atoms with van der Waals surface area (Å²) < 4.78 is 0. The van der Waals surface area contributed by atoms with Gasteiger partial charge in [0.05, 0.1) is 11.7 Å². The Kier molecular flexibility index (Phi) is 7.46. The lowest BCUT2D eigenvalue weighted by molar-refractivity contribution is 0.933. The van der Waals surface area contributed by atoms with Crippen LogP contribution in [0.25, 0.3) is 39.5 Å². The standard InChI is InChI=1S/C41H32N4/c1-28(27-29(2)39-42-40(31-17-8-6-9-18-31)44-41(43-39)32-19-10-7-11-20-32)34-24-16-26-37-38(34)30(3)35-23-14-15-25-36(35)45(37)33-21-12-4-5-13-22-33/h4-27,33H,1,3H2,2H3/b29-27+. The molecule has 7 rings (SSSR count). The monoisotopic (exact) mass is 580 g/mol. The van der Waals surface area contributed by atoms with E-state index in [1.807, 2.05) is 67.6 Å². The van der Waals surface area contributed by atoms with Crippen molar-refractivity contribution in [1.82, 2.24) is 15.0 Å². The molecule has 0 N–H and O–H groups in total. The molecule has 2 heterocycles. The fourth-order valence-corrected chi connectivity index (χ4v) is 5.96. The third-order valence-corrected chi connectivity index (χ3v) is 8.13. The summed E-state index contributed by atoms with van der Waals surface area (Å²) in [5, 5.41) is 0. The van der Waals surface area contributed by atoms with Gasteiger partial charge < -0.3 is 4.90 Å². The first-order valence-corrected chi connectivity index (χ1v) is 15.1. The van der Waals surface area contributed by atoms with Gasteiger partial charge >= 0.3 is 0 Å². The average Bonchev–Trinajstić information content (AvgIpc) is 3.38. The third kappa shape index (κ3) is 5.39. The van der Waals surface area contributed by atoms with E-state index in [9.17, 15) is 0 Å². The molecule has 1 aromatic heterocycles. The molecule has 45 heavy (non-hydrogen) atoms. The van der Waals surface area contributed by atoms with Gasteiger partial charge in [-0.15, -0.1) is 0 Å². The van der Waals surface area contributed by atoms with Gasteiger partial charge in [0.15, 0.2) is 17.5 Å². The molecule has 0 radical (unpaired) electrons. The smallest absolute Gasteiger partial charge is 0.164 e. The highest BCUT2D eigenvalue weighted by Gasteiger charge is 2.30. The van der Waals surface area contributed by atoms with E-state index >= 15 is 0 Å². The summed E-state index contributed by atoms with van der Waals surface area (Å²) in [5.74, 6) is 1.88. The second kappa shape index (κ2) is 12.0. The Morgan fingerprint density at radius 2 is 1.24 bits per heavy atom. The van der Waals surface area contributed by atoms with E-state index < -0.39 is 0 Å². The maximum Gasteiger partial charge on any atom is 0.164 e. The lowest BCUT2D eigenvalue weighted by atomic mass is 9.85. The van der Waals surface area contributed by atoms with Crippen LogP contribution in [0.3, 0.4) is 0 Å². The quantitative estimate of drug-likeness (QED) is 0.188. The molecule has 4 nitrogen and oxygen atoms in total. The van der Waals surface area contributed by atoms with Crippen LogP contribution in [0, 0.1) is 0 Å². The Bertz CT molecular complexity index is 1970. The van der Waals surface area contributed by atoms with Crippen LogP contribution >= 0.6 is 0 Å². The summed E-state index contributed by atoms with van der Waals surface area (Å²) in [6, 6.07) is 35.0. The van der Waals surface area contributed by atoms with Crippen molar-refractivity contribution in [2.45, 2.75) is 13.0 Å². The number of benzene rings is 4. The molecular formula is C41H32N4. The molecule has 216 valence electrons. The van der Waals surface area contributed by atoms with Crippen LogP contribution in [0.15, 0.2) is 159 Å². The minimum atomic E-state index is 0.0480. The van der Waals surface area contributed by atoms with E-state index in [1.165, 1.54) is 0 Å². The van der Waals surface area contributed by atoms with E-state index in [-0.39, 0.29) is 6.04 Å². The second-order valence-electron chi connectivity index (χ2n) is 11.1. The number of aromatic nitrogens is 3. The van der Waals surface area contributed by atoms with Crippen LogP contribution in [0.5, 0.6) is 0 Å². The van der Waals surface area contributed by atoms with E-state index in [1.54, 1.807) is 0 Å². The highest BCUT2D eigenvalue weighted by molar-refractivity contribution is 6.02. The summed E-state index contributed by atoms with van der Waals surface area (Å²) in [5.41, 5.74) is 10.1. The van der Waals surface area contributed by atoms with Crippen molar-refractivity contribution in [1.29, 1.82) is 0 Å². The number of anilines is 2. The van der Waals surface area contributed by atoms with E-state index in [0.29, 0.717) is 17.5 Å². The molecular weight excluding hydrogens is 548 g/mol. The number of hydrogen-bond donors (Lipinski definition) is 0. The minimum absolute atomic E-state index is 0.0480. The van der Waals surface area contributed by atoms with Gasteiger partial charge in [0.25, 0.3) is 0 Å². The summed E-state index contributed by atoms with van der Waals surface area (Å²) in [6.07, 6.45) is 14.8. The molecule has 0 fully saturated rings. The Hall–Kier alpha value is -5.87. The van der Waals surface area contributed by atoms with Crippen molar-refractivity contribution in [2.24, 2.45) is 0 Å². The molecule has 0 bridgehead atoms. The fourth-order valence-electron chi connectivity index (χ4n) is 5.96. The highest BCUT2D eigenvalue weighted by Crippen LogP contribution is 2.48. The van der Waals surface area contributed by atoms with Crippen molar-refractivity contribution in [3.63, 3.8) is 0 Å². The van der Waals surface area contributed by atoms with Crippen LogP contribution in [0.2, 0.25) is 0 Å². The molecule has 0 saturated carbocycles. The van der Waals surface area contributed by atoms with Crippen molar-refractivity contribution >= 4 is 28.1 Å². The SMILES string of the molecule is C=C(/C=C(\C)c1nc(-c2ccccc2)nc(-c2ccccc2)n1)c1cccc2c1C(=C)c1ccccc1N2C1C=CC=CC=C1. The Morgan fingerprint density at radius 3 is 1.89 bits per heavy atom. The van der Waals surface area contributed by atoms with Crippen LogP contribution in [0.4, 0.5) is 11.4 Å². The van der Waals surface area contributed by atoms with Gasteiger partial charge in [-0.25, -0.2) is 15.0 Å². The van der Waals surface area contributed by atoms with Crippen LogP contribution in [0.1, 0.15) is 29.4 Å². The zero-order valence-electron chi connectivity index (χ0n) is 25.1. The minimum Gasteiger partial charge on any atom is -0.330 e. The third-order valence-electron chi connectivity index (χ3n) is 8.13. The van der Waals surface area contributed by atoms with E-state index in [0.717, 1.165) is 55.9 Å². The van der Waals surface area contributed by atoms with Gasteiger partial charge in [0.2, 0.25) is 0 Å². The molecule has 5 aromatic rings. The topological polar surface area (TPSA) is 41.9 Å². The van der Waals surface area contributed by atoms with E-state index in [4.69, 9.17) is 15.0 Å². The molecule has 0 amide bonds. The van der Waals surface area contributed by atoms with E-state index in [2.05, 4.69) is 103 Å². The molecule has 4 heteroatoms. The van der Waals surface area contributed by atoms with Crippen molar-refractivity contribution in [2.75, 3.05) is 4.90 Å². The molecule has 0 atom stereocenters. The molecule has 0 saturated heterocycles. The van der Waals surface area contributed by atoms with Crippen LogP contribution in [-0.4, -0.2) is 21.0 Å². The number of nitrogens with zero attached hydrogens (tertiary/aromatic N) is 4. The van der Waals surface area contributed by atoms with Gasteiger partial charge in [-0.3, -0.25) is 0 Å². The molecule has 0 unspecified atom stereocenters. The van der Waals surface area contributed by atoms with Gasteiger partial charge in [0, 0.05) is 27.9 Å². The number of rotatable bonds is 6. The Balaban J connectivity index is 1.32. The van der Waals surface area contributed by atoms with Crippen LogP contribution in [-0.2, 0) is 0 Å². The highest BCUT2D eigenvalue weighted by atomic mass is 15.2. The lowest BCUT2D eigenvalue weighted by Crippen LogP contribution is -2.31. The maximum absolute atomic E-state index is 4.91. The largest absolute Gasteiger partial charge is 0.330 e. The van der Waals surface area contributed by atoms with Crippen molar-refractivity contribution in [3.05, 3.63) is 181 Å². The maximum atomic E-state index is 4.91. The number of fused-ring (bicyclic) bond motifs is 2. The summed E-state index contributed by atoms with van der Waals surface area (Å²) >= 11 is 0. The second-order valence-corrected chi connectivity index (χ2v) is 11.1. The summed E-state index contributed by atoms with van der Waals surface area (Å²) in [6.45, 7) is 11.2. The first kappa shape index (κ1) is 27.9. The molecule has 2 aliphatic rings. The number of para-hydroxylation sites is 1. The number of allylic oxidation sites excluding steroid dienone is 7. The zero-order chi connectivity index (χ0) is 30.8. The molecule has 0 spiro atoms. The van der Waals surface area contributed by atoms with Gasteiger partial charge in [-0.05, 0) is 47.4 Å². The first-order chi connectivity index (χ1) is 22.1. The van der Waals surface area contributed by atoms with Crippen molar-refractivity contribution < 1.29 is 0 Å². The lowest BCUT2D eigenvalue weighted by Gasteiger charge is -2.38. The number of hydrogen-bond acceptors (Lipinski definition) is 4. The molecule has 4 aromatic carbocycles. The summed E-state index contributed by atoms with van der Waals surface area (Å²) in [4.78, 5) is 17.0. The predicted octanol–water partition coefficient (Wildman–Crippen LogP) is 9.89. The predicted molar refractivity (Wildman–Crippen MR) is 188 cm³/mol. The average molecular weight is 581 g/mol. The van der Waals surface area contributed by atoms with Gasteiger partial charge in [-0.1, -0.05) is 141 Å².